The molecule has 0 aliphatic carbocycles. The Bertz CT molecular complexity index is 494. The van der Waals surface area contributed by atoms with Crippen molar-refractivity contribution in [2.24, 2.45) is 11.5 Å². The maximum atomic E-state index is 11.8. The number of nitrogens with one attached hydrogen (secondary N) is 2. The highest BCUT2D eigenvalue weighted by atomic mass is 16.4. The van der Waals surface area contributed by atoms with E-state index in [0.29, 0.717) is 12.8 Å². The zero-order chi connectivity index (χ0) is 18.7. The third-order valence-corrected chi connectivity index (χ3v) is 3.17. The smallest absolute Gasteiger partial charge is 0.326 e. The minimum absolute atomic E-state index is 0.0199. The zero-order valence-corrected chi connectivity index (χ0v) is 13.5. The van der Waals surface area contributed by atoms with Gasteiger partial charge in [-0.05, 0) is 19.3 Å². The number of amides is 4. The van der Waals surface area contributed by atoms with Crippen LogP contribution in [0.4, 0.5) is 4.79 Å². The van der Waals surface area contributed by atoms with Crippen LogP contribution in [0.5, 0.6) is 0 Å². The highest BCUT2D eigenvalue weighted by Gasteiger charge is 2.24. The summed E-state index contributed by atoms with van der Waals surface area (Å²) in [4.78, 5) is 56.3. The van der Waals surface area contributed by atoms with Crippen molar-refractivity contribution in [1.29, 1.82) is 0 Å². The van der Waals surface area contributed by atoms with Crippen LogP contribution in [0.2, 0.25) is 0 Å². The first-order valence-electron chi connectivity index (χ1n) is 7.56. The fraction of sp³-hybridized carbons (Fsp3) is 0.643. The first kappa shape index (κ1) is 21.4. The number of carboxylic acids is 1. The number of rotatable bonds is 12. The van der Waals surface area contributed by atoms with E-state index < -0.39 is 35.9 Å². The number of Topliss-reactive ketones (excluding diaryl/α,β-unsaturated/α-hetero) is 1. The summed E-state index contributed by atoms with van der Waals surface area (Å²) < 4.78 is 0. The van der Waals surface area contributed by atoms with Gasteiger partial charge in [0.15, 0.2) is 0 Å². The molecule has 10 nitrogen and oxygen atoms in total. The summed E-state index contributed by atoms with van der Waals surface area (Å²) in [6.45, 7) is 1.83. The number of ketones is 1. The summed E-state index contributed by atoms with van der Waals surface area (Å²) in [5.41, 5.74) is 10.1. The lowest BCUT2D eigenvalue weighted by molar-refractivity contribution is -0.139. The van der Waals surface area contributed by atoms with Crippen LogP contribution in [0, 0.1) is 0 Å². The molecule has 0 saturated heterocycles. The van der Waals surface area contributed by atoms with Gasteiger partial charge in [0.25, 0.3) is 0 Å². The second-order valence-corrected chi connectivity index (χ2v) is 5.30. The predicted octanol–water partition coefficient (Wildman–Crippen LogP) is -0.992. The Kier molecular flexibility index (Phi) is 9.76. The van der Waals surface area contributed by atoms with Crippen LogP contribution in [-0.4, -0.2) is 46.8 Å². The van der Waals surface area contributed by atoms with Crippen molar-refractivity contribution in [3.8, 4) is 0 Å². The van der Waals surface area contributed by atoms with E-state index in [1.165, 1.54) is 0 Å². The van der Waals surface area contributed by atoms with Crippen LogP contribution < -0.4 is 22.1 Å². The summed E-state index contributed by atoms with van der Waals surface area (Å²) in [5, 5.41) is 13.4. The van der Waals surface area contributed by atoms with E-state index in [1.807, 2.05) is 6.92 Å². The molecular weight excluding hydrogens is 320 g/mol. The number of aliphatic carboxylic acids is 1. The standard InChI is InChI=1S/C14H24N4O6/c1-2-3-8(19)4-5-10(13(22)23)18-14(24)17-9(12(16)21)6-7-11(15)20/h9-10H,2-7H2,1H3,(H2,15,20)(H2,16,21)(H,22,23)(H2,17,18,24). The molecule has 0 aromatic rings. The third-order valence-electron chi connectivity index (χ3n) is 3.17. The van der Waals surface area contributed by atoms with E-state index in [-0.39, 0.29) is 31.5 Å². The fourth-order valence-electron chi connectivity index (χ4n) is 1.90. The van der Waals surface area contributed by atoms with Gasteiger partial charge in [-0.3, -0.25) is 14.4 Å². The molecule has 2 atom stereocenters. The van der Waals surface area contributed by atoms with Gasteiger partial charge in [0.1, 0.15) is 17.9 Å². The number of carboxylic acid groups (broad SMARTS) is 1. The van der Waals surface area contributed by atoms with Gasteiger partial charge in [-0.15, -0.1) is 0 Å². The van der Waals surface area contributed by atoms with Crippen molar-refractivity contribution >= 4 is 29.6 Å². The van der Waals surface area contributed by atoms with E-state index in [9.17, 15) is 24.0 Å². The molecule has 2 unspecified atom stereocenters. The number of primary amides is 2. The van der Waals surface area contributed by atoms with Gasteiger partial charge >= 0.3 is 12.0 Å². The molecule has 0 fully saturated rings. The quantitative estimate of drug-likeness (QED) is 0.303. The van der Waals surface area contributed by atoms with E-state index in [0.717, 1.165) is 0 Å². The predicted molar refractivity (Wildman–Crippen MR) is 83.7 cm³/mol. The van der Waals surface area contributed by atoms with Crippen molar-refractivity contribution < 1.29 is 29.1 Å². The summed E-state index contributed by atoms with van der Waals surface area (Å²) in [6, 6.07) is -3.37. The van der Waals surface area contributed by atoms with Gasteiger partial charge in [0, 0.05) is 19.3 Å². The Hall–Kier alpha value is -2.65. The molecule has 24 heavy (non-hydrogen) atoms. The van der Waals surface area contributed by atoms with Crippen molar-refractivity contribution in [3.05, 3.63) is 0 Å². The molecule has 0 spiro atoms. The van der Waals surface area contributed by atoms with E-state index in [1.54, 1.807) is 0 Å². The number of carbonyl (C=O) groups is 5. The molecule has 7 N–H and O–H groups in total. The lowest BCUT2D eigenvalue weighted by Gasteiger charge is -2.18. The lowest BCUT2D eigenvalue weighted by atomic mass is 10.1. The maximum Gasteiger partial charge on any atom is 0.326 e. The van der Waals surface area contributed by atoms with Crippen LogP contribution in [0.15, 0.2) is 0 Å². The molecule has 0 aliphatic rings. The van der Waals surface area contributed by atoms with Crippen molar-refractivity contribution in [3.63, 3.8) is 0 Å². The average molecular weight is 344 g/mol. The topological polar surface area (TPSA) is 182 Å². The van der Waals surface area contributed by atoms with Gasteiger partial charge in [-0.25, -0.2) is 9.59 Å². The number of urea groups is 1. The Morgan fingerprint density at radius 2 is 1.46 bits per heavy atom. The minimum atomic E-state index is -1.30. The van der Waals surface area contributed by atoms with Gasteiger partial charge in [0.2, 0.25) is 11.8 Å². The Labute approximate surface area is 139 Å². The molecule has 10 heteroatoms. The van der Waals surface area contributed by atoms with Crippen LogP contribution in [-0.2, 0) is 19.2 Å². The number of hydrogen-bond acceptors (Lipinski definition) is 5. The second-order valence-electron chi connectivity index (χ2n) is 5.30. The lowest BCUT2D eigenvalue weighted by Crippen LogP contribution is -2.52. The van der Waals surface area contributed by atoms with E-state index in [4.69, 9.17) is 16.6 Å². The zero-order valence-electron chi connectivity index (χ0n) is 13.5. The molecule has 0 radical (unpaired) electrons. The Balaban J connectivity index is 4.58. The minimum Gasteiger partial charge on any atom is -0.480 e. The van der Waals surface area contributed by atoms with E-state index >= 15 is 0 Å². The summed E-state index contributed by atoms with van der Waals surface area (Å²) >= 11 is 0. The molecule has 0 aliphatic heterocycles. The molecular formula is C14H24N4O6. The second kappa shape index (κ2) is 11.0. The van der Waals surface area contributed by atoms with E-state index in [2.05, 4.69) is 10.6 Å². The molecule has 0 aromatic heterocycles. The number of nitrogens with two attached hydrogens (primary N) is 2. The summed E-state index contributed by atoms with van der Waals surface area (Å²) in [6.07, 6.45) is 0.697. The Morgan fingerprint density at radius 3 is 1.92 bits per heavy atom. The first-order chi connectivity index (χ1) is 11.2. The molecule has 0 rings (SSSR count). The van der Waals surface area contributed by atoms with Gasteiger partial charge in [-0.1, -0.05) is 6.92 Å². The van der Waals surface area contributed by atoms with Crippen molar-refractivity contribution in [2.75, 3.05) is 0 Å². The van der Waals surface area contributed by atoms with Crippen LogP contribution in [0.3, 0.4) is 0 Å². The fourth-order valence-corrected chi connectivity index (χ4v) is 1.90. The molecule has 0 heterocycles. The third kappa shape index (κ3) is 9.38. The Morgan fingerprint density at radius 1 is 0.917 bits per heavy atom. The number of hydrogen-bond donors (Lipinski definition) is 5. The monoisotopic (exact) mass is 344 g/mol. The normalized spacial score (nSPS) is 12.7. The van der Waals surface area contributed by atoms with Crippen molar-refractivity contribution in [1.82, 2.24) is 10.6 Å². The SMILES string of the molecule is CCCC(=O)CCC(NC(=O)NC(CCC(N)=O)C(N)=O)C(=O)O. The molecule has 136 valence electrons. The highest BCUT2D eigenvalue weighted by Crippen LogP contribution is 2.03. The van der Waals surface area contributed by atoms with Gasteiger partial charge in [0.05, 0.1) is 0 Å². The number of carbonyl (C=O) groups excluding carboxylic acids is 4. The van der Waals surface area contributed by atoms with Crippen molar-refractivity contribution in [2.45, 2.75) is 57.5 Å². The average Bonchev–Trinajstić information content (AvgIpc) is 2.47. The molecule has 0 aromatic carbocycles. The summed E-state index contributed by atoms with van der Waals surface area (Å²) in [7, 11) is 0. The van der Waals surface area contributed by atoms with Gasteiger partial charge in [-0.2, -0.15) is 0 Å². The maximum absolute atomic E-state index is 11.8. The molecule has 0 saturated carbocycles. The first-order valence-corrected chi connectivity index (χ1v) is 7.56. The molecule has 4 amide bonds. The van der Waals surface area contributed by atoms with Crippen LogP contribution in [0.25, 0.3) is 0 Å². The highest BCUT2D eigenvalue weighted by molar-refractivity contribution is 5.88. The summed E-state index contributed by atoms with van der Waals surface area (Å²) in [5.74, 6) is -2.94. The van der Waals surface area contributed by atoms with Gasteiger partial charge < -0.3 is 27.2 Å². The largest absolute Gasteiger partial charge is 0.480 e. The van der Waals surface area contributed by atoms with Crippen LogP contribution in [0.1, 0.15) is 45.4 Å². The molecule has 0 bridgehead atoms. The van der Waals surface area contributed by atoms with Crippen LogP contribution >= 0.6 is 0 Å².